The maximum Gasteiger partial charge on any atom is 0.238 e. The lowest BCUT2D eigenvalue weighted by atomic mass is 10.2. The molecule has 1 amide bonds. The van der Waals surface area contributed by atoms with Crippen molar-refractivity contribution in [2.45, 2.75) is 4.90 Å². The summed E-state index contributed by atoms with van der Waals surface area (Å²) in [5, 5.41) is 8.32. The van der Waals surface area contributed by atoms with E-state index in [2.05, 4.69) is 20.1 Å². The molecule has 1 aliphatic heterocycles. The minimum atomic E-state index is -3.80. The van der Waals surface area contributed by atoms with Crippen LogP contribution in [0.1, 0.15) is 0 Å². The molecule has 13 heteroatoms. The van der Waals surface area contributed by atoms with Gasteiger partial charge in [-0.05, 0) is 42.5 Å². The topological polar surface area (TPSA) is 118 Å². The van der Waals surface area contributed by atoms with E-state index in [1.54, 1.807) is 13.2 Å². The summed E-state index contributed by atoms with van der Waals surface area (Å²) in [4.78, 5) is 21.2. The van der Waals surface area contributed by atoms with Crippen LogP contribution in [0.4, 0.5) is 10.8 Å². The number of amides is 1. The molecule has 180 valence electrons. The summed E-state index contributed by atoms with van der Waals surface area (Å²) in [7, 11) is -2.15. The Labute approximate surface area is 211 Å². The molecule has 1 fully saturated rings. The number of hydrogen-bond acceptors (Lipinski definition) is 9. The third kappa shape index (κ3) is 5.96. The van der Waals surface area contributed by atoms with Crippen molar-refractivity contribution in [1.82, 2.24) is 9.88 Å². The molecule has 0 saturated carbocycles. The molecule has 0 atom stereocenters. The van der Waals surface area contributed by atoms with Crippen LogP contribution < -0.4 is 20.1 Å². The van der Waals surface area contributed by atoms with Gasteiger partial charge in [0.15, 0.2) is 5.13 Å². The Morgan fingerprint density at radius 2 is 1.91 bits per heavy atom. The van der Waals surface area contributed by atoms with Crippen molar-refractivity contribution >= 4 is 76.6 Å². The summed E-state index contributed by atoms with van der Waals surface area (Å²) in [5.41, 5.74) is 1.73. The number of thioether (sulfide) groups is 1. The molecule has 1 aliphatic rings. The van der Waals surface area contributed by atoms with E-state index in [9.17, 15) is 13.2 Å². The molecular weight excluding hydrogens is 515 g/mol. The first kappa shape index (κ1) is 24.7. The zero-order valence-electron chi connectivity index (χ0n) is 18.3. The minimum Gasteiger partial charge on any atom is -0.497 e. The van der Waals surface area contributed by atoms with E-state index in [0.29, 0.717) is 19.7 Å². The molecule has 1 saturated heterocycles. The third-order valence-corrected chi connectivity index (χ3v) is 8.60. The zero-order valence-corrected chi connectivity index (χ0v) is 21.5. The molecule has 0 bridgehead atoms. The molecule has 2 heterocycles. The van der Waals surface area contributed by atoms with Crippen molar-refractivity contribution < 1.29 is 17.9 Å². The van der Waals surface area contributed by atoms with Crippen LogP contribution in [0.3, 0.4) is 0 Å². The molecule has 3 N–H and O–H groups in total. The second kappa shape index (κ2) is 10.4. The van der Waals surface area contributed by atoms with Crippen LogP contribution in [-0.2, 0) is 14.8 Å². The lowest BCUT2D eigenvalue weighted by molar-refractivity contribution is -0.113. The van der Waals surface area contributed by atoms with Gasteiger partial charge in [0.1, 0.15) is 10.1 Å². The van der Waals surface area contributed by atoms with E-state index in [-0.39, 0.29) is 16.6 Å². The van der Waals surface area contributed by atoms with Crippen LogP contribution >= 0.6 is 35.3 Å². The highest BCUT2D eigenvalue weighted by molar-refractivity contribution is 8.23. The number of hydrogen-bond donors (Lipinski definition) is 2. The first-order valence-electron chi connectivity index (χ1n) is 10.3. The summed E-state index contributed by atoms with van der Waals surface area (Å²) < 4.78 is 29.6. The van der Waals surface area contributed by atoms with E-state index in [1.807, 2.05) is 24.3 Å². The number of carbonyl (C=O) groups is 1. The summed E-state index contributed by atoms with van der Waals surface area (Å²) in [6.07, 6.45) is 0. The van der Waals surface area contributed by atoms with Crippen LogP contribution in [0, 0.1) is 0 Å². The molecular formula is C21H23N5O4S4. The van der Waals surface area contributed by atoms with Gasteiger partial charge in [-0.15, -0.1) is 0 Å². The van der Waals surface area contributed by atoms with E-state index in [1.165, 1.54) is 35.2 Å². The molecule has 0 radical (unpaired) electrons. The number of nitrogens with zero attached hydrogens (tertiary/aromatic N) is 3. The van der Waals surface area contributed by atoms with Crippen molar-refractivity contribution in [2.24, 2.45) is 5.14 Å². The molecule has 2 aromatic carbocycles. The monoisotopic (exact) mass is 537 g/mol. The number of methoxy groups -OCH3 is 1. The zero-order chi connectivity index (χ0) is 24.3. The molecule has 9 nitrogen and oxygen atoms in total. The number of nitrogens with one attached hydrogen (secondary N) is 1. The van der Waals surface area contributed by atoms with Gasteiger partial charge in [0.2, 0.25) is 15.9 Å². The first-order chi connectivity index (χ1) is 16.2. The van der Waals surface area contributed by atoms with E-state index in [0.717, 1.165) is 37.6 Å². The third-order valence-electron chi connectivity index (χ3n) is 5.24. The van der Waals surface area contributed by atoms with Gasteiger partial charge in [0.05, 0.1) is 28.0 Å². The Bertz CT molecular complexity index is 1300. The van der Waals surface area contributed by atoms with Gasteiger partial charge in [-0.2, -0.15) is 0 Å². The Morgan fingerprint density at radius 3 is 2.56 bits per heavy atom. The summed E-state index contributed by atoms with van der Waals surface area (Å²) in [6.45, 7) is 3.24. The fourth-order valence-electron chi connectivity index (χ4n) is 3.45. The highest BCUT2D eigenvalue weighted by atomic mass is 32.2. The quantitative estimate of drug-likeness (QED) is 0.458. The number of aromatic nitrogens is 1. The number of nitrogens with two attached hydrogens (primary N) is 1. The lowest BCUT2D eigenvalue weighted by Gasteiger charge is -2.37. The molecule has 34 heavy (non-hydrogen) atoms. The number of anilines is 2. The highest BCUT2D eigenvalue weighted by Crippen LogP contribution is 2.28. The van der Waals surface area contributed by atoms with Crippen molar-refractivity contribution in [1.29, 1.82) is 0 Å². The SMILES string of the molecule is COc1ccc(N2CCN(C(=S)SCC(=O)Nc3nc4ccc(S(N)(=O)=O)cc4s3)CC2)cc1. The van der Waals surface area contributed by atoms with Crippen molar-refractivity contribution in [3.05, 3.63) is 42.5 Å². The molecule has 0 aliphatic carbocycles. The Morgan fingerprint density at radius 1 is 1.21 bits per heavy atom. The van der Waals surface area contributed by atoms with Gasteiger partial charge in [0, 0.05) is 31.9 Å². The van der Waals surface area contributed by atoms with E-state index < -0.39 is 10.0 Å². The van der Waals surface area contributed by atoms with Crippen molar-refractivity contribution in [2.75, 3.05) is 49.3 Å². The second-order valence-electron chi connectivity index (χ2n) is 7.47. The molecule has 0 unspecified atom stereocenters. The maximum atomic E-state index is 12.4. The number of rotatable bonds is 6. The van der Waals surface area contributed by atoms with Gasteiger partial charge >= 0.3 is 0 Å². The fourth-order valence-corrected chi connectivity index (χ4v) is 6.04. The molecule has 3 aromatic rings. The smallest absolute Gasteiger partial charge is 0.238 e. The predicted octanol–water partition coefficient (Wildman–Crippen LogP) is 2.73. The largest absolute Gasteiger partial charge is 0.497 e. The van der Waals surface area contributed by atoms with Gasteiger partial charge < -0.3 is 19.9 Å². The number of sulfonamides is 1. The molecule has 4 rings (SSSR count). The van der Waals surface area contributed by atoms with Crippen LogP contribution in [0.2, 0.25) is 0 Å². The van der Waals surface area contributed by atoms with Gasteiger partial charge in [0.25, 0.3) is 0 Å². The predicted molar refractivity (Wildman–Crippen MR) is 141 cm³/mol. The second-order valence-corrected chi connectivity index (χ2v) is 11.7. The summed E-state index contributed by atoms with van der Waals surface area (Å²) in [6, 6.07) is 12.4. The van der Waals surface area contributed by atoms with Crippen LogP contribution in [-0.4, -0.2) is 67.6 Å². The van der Waals surface area contributed by atoms with Crippen molar-refractivity contribution in [3.8, 4) is 5.75 Å². The average molecular weight is 538 g/mol. The summed E-state index contributed by atoms with van der Waals surface area (Å²) >= 11 is 8.04. The molecule has 1 aromatic heterocycles. The number of ether oxygens (including phenoxy) is 1. The summed E-state index contributed by atoms with van der Waals surface area (Å²) in [5.74, 6) is 0.767. The Balaban J connectivity index is 1.26. The van der Waals surface area contributed by atoms with E-state index >= 15 is 0 Å². The number of thiocarbonyl (C=S) groups is 1. The Kier molecular flexibility index (Phi) is 7.57. The number of carbonyl (C=O) groups excluding carboxylic acids is 1. The first-order valence-corrected chi connectivity index (χ1v) is 14.0. The van der Waals surface area contributed by atoms with Gasteiger partial charge in [-0.1, -0.05) is 35.3 Å². The number of fused-ring (bicyclic) bond motifs is 1. The lowest BCUT2D eigenvalue weighted by Crippen LogP contribution is -2.47. The number of benzene rings is 2. The number of piperazine rings is 1. The van der Waals surface area contributed by atoms with Crippen LogP contribution in [0.25, 0.3) is 10.2 Å². The van der Waals surface area contributed by atoms with Gasteiger partial charge in [-0.25, -0.2) is 18.5 Å². The number of primary sulfonamides is 1. The number of thiazole rings is 1. The average Bonchev–Trinajstić information content (AvgIpc) is 3.23. The van der Waals surface area contributed by atoms with Crippen LogP contribution in [0.15, 0.2) is 47.4 Å². The highest BCUT2D eigenvalue weighted by Gasteiger charge is 2.20. The normalized spacial score (nSPS) is 14.3. The fraction of sp³-hybridized carbons (Fsp3) is 0.286. The Hall–Kier alpha value is -2.45. The minimum absolute atomic E-state index is 0.00881. The molecule has 0 spiro atoms. The van der Waals surface area contributed by atoms with Gasteiger partial charge in [-0.3, -0.25) is 4.79 Å². The maximum absolute atomic E-state index is 12.4. The van der Waals surface area contributed by atoms with Crippen LogP contribution in [0.5, 0.6) is 5.75 Å². The standard InChI is InChI=1S/C21H23N5O4S4/c1-30-15-4-2-14(3-5-15)25-8-10-26(11-9-25)21(31)32-13-19(27)24-20-23-17-7-6-16(34(22,28)29)12-18(17)33-20/h2-7,12H,8-11,13H2,1H3,(H2,22,28,29)(H,23,24,27). The van der Waals surface area contributed by atoms with E-state index in [4.69, 9.17) is 22.1 Å². The van der Waals surface area contributed by atoms with Crippen molar-refractivity contribution in [3.63, 3.8) is 0 Å².